The van der Waals surface area contributed by atoms with Gasteiger partial charge in [0.1, 0.15) is 0 Å². The molecule has 3 unspecified atom stereocenters. The van der Waals surface area contributed by atoms with Crippen LogP contribution in [0.1, 0.15) is 52.9 Å². The Hall–Kier alpha value is -0.320. The summed E-state index contributed by atoms with van der Waals surface area (Å²) in [4.78, 5) is 15.0. The van der Waals surface area contributed by atoms with E-state index < -0.39 is 0 Å². The molecule has 2 bridgehead atoms. The molecule has 3 rings (SSSR count). The highest BCUT2D eigenvalue weighted by atomic mass is 35.5. The first kappa shape index (κ1) is 18.0. The number of hydrogen-bond donors (Lipinski definition) is 1. The van der Waals surface area contributed by atoms with Gasteiger partial charge in [0.25, 0.3) is 0 Å². The fourth-order valence-electron chi connectivity index (χ4n) is 4.87. The standard InChI is InChI=1S/C17H30N2O2.ClH/c1-11-9-19(10-17(2,3)21-11)16(20)14-7-12-5-4-6-13(8-14)15(12)18;/h11-15H,4-10,18H2,1-3H3;1H. The maximum absolute atomic E-state index is 13.0. The molecule has 2 aliphatic carbocycles. The second-order valence-corrected chi connectivity index (χ2v) is 8.10. The molecule has 0 aromatic heterocycles. The average molecular weight is 331 g/mol. The van der Waals surface area contributed by atoms with Crippen molar-refractivity contribution in [3.05, 3.63) is 0 Å². The van der Waals surface area contributed by atoms with Crippen molar-refractivity contribution in [1.82, 2.24) is 4.90 Å². The van der Waals surface area contributed by atoms with Crippen LogP contribution in [0, 0.1) is 17.8 Å². The molecule has 0 radical (unpaired) electrons. The molecule has 0 spiro atoms. The van der Waals surface area contributed by atoms with Crippen LogP contribution in [0.2, 0.25) is 0 Å². The van der Waals surface area contributed by atoms with E-state index in [9.17, 15) is 4.79 Å². The van der Waals surface area contributed by atoms with Gasteiger partial charge in [0.05, 0.1) is 11.7 Å². The molecule has 3 fully saturated rings. The zero-order valence-corrected chi connectivity index (χ0v) is 14.9. The highest BCUT2D eigenvalue weighted by Crippen LogP contribution is 2.42. The lowest BCUT2D eigenvalue weighted by Crippen LogP contribution is -2.56. The summed E-state index contributed by atoms with van der Waals surface area (Å²) in [6, 6.07) is 0.336. The van der Waals surface area contributed by atoms with Gasteiger partial charge >= 0.3 is 0 Å². The van der Waals surface area contributed by atoms with Gasteiger partial charge in [-0.3, -0.25) is 4.79 Å². The molecule has 1 amide bonds. The third-order valence-corrected chi connectivity index (χ3v) is 5.64. The molecule has 5 heteroatoms. The molecule has 0 aromatic carbocycles. The smallest absolute Gasteiger partial charge is 0.225 e. The van der Waals surface area contributed by atoms with E-state index in [1.54, 1.807) is 0 Å². The number of nitrogens with two attached hydrogens (primary N) is 1. The Morgan fingerprint density at radius 1 is 1.23 bits per heavy atom. The largest absolute Gasteiger partial charge is 0.369 e. The number of nitrogens with zero attached hydrogens (tertiary/aromatic N) is 1. The maximum atomic E-state index is 13.0. The zero-order valence-electron chi connectivity index (χ0n) is 14.1. The predicted octanol–water partition coefficient (Wildman–Crippen LogP) is 2.59. The van der Waals surface area contributed by atoms with Gasteiger partial charge in [-0.1, -0.05) is 6.42 Å². The van der Waals surface area contributed by atoms with Crippen molar-refractivity contribution < 1.29 is 9.53 Å². The highest BCUT2D eigenvalue weighted by Gasteiger charge is 2.43. The summed E-state index contributed by atoms with van der Waals surface area (Å²) in [7, 11) is 0. The van der Waals surface area contributed by atoms with Gasteiger partial charge in [-0.15, -0.1) is 12.4 Å². The molecule has 1 saturated heterocycles. The quantitative estimate of drug-likeness (QED) is 0.804. The first-order valence-electron chi connectivity index (χ1n) is 8.58. The van der Waals surface area contributed by atoms with Crippen molar-refractivity contribution in [2.45, 2.75) is 70.6 Å². The number of carbonyl (C=O) groups excluding carboxylic acids is 1. The summed E-state index contributed by atoms with van der Waals surface area (Å²) < 4.78 is 5.92. The van der Waals surface area contributed by atoms with Crippen molar-refractivity contribution in [3.8, 4) is 0 Å². The minimum atomic E-state index is -0.228. The van der Waals surface area contributed by atoms with Crippen molar-refractivity contribution in [1.29, 1.82) is 0 Å². The Bertz CT molecular complexity index is 401. The van der Waals surface area contributed by atoms with E-state index in [0.29, 0.717) is 30.3 Å². The van der Waals surface area contributed by atoms with Crippen molar-refractivity contribution in [3.63, 3.8) is 0 Å². The lowest BCUT2D eigenvalue weighted by atomic mass is 9.65. The van der Waals surface area contributed by atoms with Crippen LogP contribution in [-0.2, 0) is 9.53 Å². The molecule has 1 heterocycles. The number of ether oxygens (including phenoxy) is 1. The van der Waals surface area contributed by atoms with Gasteiger partial charge in [-0.2, -0.15) is 0 Å². The topological polar surface area (TPSA) is 55.6 Å². The van der Waals surface area contributed by atoms with Crippen LogP contribution in [0.4, 0.5) is 0 Å². The monoisotopic (exact) mass is 330 g/mol. The summed E-state index contributed by atoms with van der Waals surface area (Å²) in [5, 5.41) is 0. The molecule has 1 aliphatic heterocycles. The van der Waals surface area contributed by atoms with E-state index in [4.69, 9.17) is 10.5 Å². The normalized spacial score (nSPS) is 40.7. The molecule has 128 valence electrons. The fraction of sp³-hybridized carbons (Fsp3) is 0.941. The molecule has 22 heavy (non-hydrogen) atoms. The van der Waals surface area contributed by atoms with E-state index in [-0.39, 0.29) is 30.0 Å². The van der Waals surface area contributed by atoms with E-state index in [1.165, 1.54) is 19.3 Å². The maximum Gasteiger partial charge on any atom is 0.225 e. The zero-order chi connectivity index (χ0) is 15.2. The summed E-state index contributed by atoms with van der Waals surface area (Å²) >= 11 is 0. The van der Waals surface area contributed by atoms with Crippen LogP contribution >= 0.6 is 12.4 Å². The van der Waals surface area contributed by atoms with Crippen LogP contribution in [-0.4, -0.2) is 41.6 Å². The third-order valence-electron chi connectivity index (χ3n) is 5.64. The second-order valence-electron chi connectivity index (χ2n) is 8.10. The van der Waals surface area contributed by atoms with Crippen molar-refractivity contribution >= 4 is 18.3 Å². The summed E-state index contributed by atoms with van der Waals surface area (Å²) in [6.45, 7) is 7.67. The molecule has 0 aromatic rings. The first-order chi connectivity index (χ1) is 9.85. The molecule has 3 aliphatic rings. The predicted molar refractivity (Wildman–Crippen MR) is 90.0 cm³/mol. The van der Waals surface area contributed by atoms with E-state index in [1.807, 2.05) is 4.90 Å². The van der Waals surface area contributed by atoms with Crippen LogP contribution in [0.5, 0.6) is 0 Å². The summed E-state index contributed by atoms with van der Waals surface area (Å²) in [5.74, 6) is 1.68. The lowest BCUT2D eigenvalue weighted by Gasteiger charge is -2.47. The van der Waals surface area contributed by atoms with Crippen LogP contribution in [0.3, 0.4) is 0 Å². The van der Waals surface area contributed by atoms with Crippen molar-refractivity contribution in [2.75, 3.05) is 13.1 Å². The Labute approximate surface area is 140 Å². The number of rotatable bonds is 1. The van der Waals surface area contributed by atoms with Crippen LogP contribution in [0.25, 0.3) is 0 Å². The van der Waals surface area contributed by atoms with E-state index >= 15 is 0 Å². The van der Waals surface area contributed by atoms with Gasteiger partial charge in [-0.05, 0) is 58.3 Å². The van der Waals surface area contributed by atoms with Crippen molar-refractivity contribution in [2.24, 2.45) is 23.5 Å². The van der Waals surface area contributed by atoms with Crippen LogP contribution in [0.15, 0.2) is 0 Å². The van der Waals surface area contributed by atoms with E-state index in [2.05, 4.69) is 20.8 Å². The lowest BCUT2D eigenvalue weighted by molar-refractivity contribution is -0.163. The minimum absolute atomic E-state index is 0. The number of carbonyl (C=O) groups is 1. The van der Waals surface area contributed by atoms with Gasteiger partial charge in [-0.25, -0.2) is 0 Å². The number of amides is 1. The molecular weight excluding hydrogens is 300 g/mol. The molecule has 2 N–H and O–H groups in total. The summed E-state index contributed by atoms with van der Waals surface area (Å²) in [6.07, 6.45) is 5.86. The molecule has 4 nitrogen and oxygen atoms in total. The van der Waals surface area contributed by atoms with Gasteiger partial charge in [0.15, 0.2) is 0 Å². The van der Waals surface area contributed by atoms with Gasteiger partial charge in [0.2, 0.25) is 5.91 Å². The van der Waals surface area contributed by atoms with Gasteiger partial charge in [0, 0.05) is 25.0 Å². The van der Waals surface area contributed by atoms with Gasteiger partial charge < -0.3 is 15.4 Å². The minimum Gasteiger partial charge on any atom is -0.369 e. The first-order valence-corrected chi connectivity index (χ1v) is 8.58. The molecule has 2 saturated carbocycles. The Balaban J connectivity index is 0.00000176. The number of hydrogen-bond acceptors (Lipinski definition) is 3. The summed E-state index contributed by atoms with van der Waals surface area (Å²) in [5.41, 5.74) is 6.12. The average Bonchev–Trinajstić information content (AvgIpc) is 2.35. The highest BCUT2D eigenvalue weighted by molar-refractivity contribution is 5.85. The SMILES string of the molecule is CC1CN(C(=O)C2CC3CCCC(C2)C3N)CC(C)(C)O1.Cl. The Kier molecular flexibility index (Phi) is 5.46. The third kappa shape index (κ3) is 3.60. The Morgan fingerprint density at radius 3 is 2.36 bits per heavy atom. The Morgan fingerprint density at radius 2 is 1.82 bits per heavy atom. The molecule has 3 atom stereocenters. The fourth-order valence-corrected chi connectivity index (χ4v) is 4.87. The number of fused-ring (bicyclic) bond motifs is 2. The van der Waals surface area contributed by atoms with Crippen LogP contribution < -0.4 is 5.73 Å². The number of halogens is 1. The number of morpholine rings is 1. The second kappa shape index (κ2) is 6.66. The molecular formula is C17H31ClN2O2. The van der Waals surface area contributed by atoms with E-state index in [0.717, 1.165) is 19.4 Å².